The zero-order chi connectivity index (χ0) is 19.5. The molecule has 0 saturated heterocycles. The molecular weight excluding hydrogens is 387 g/mol. The van der Waals surface area contributed by atoms with Crippen LogP contribution >= 0.6 is 23.2 Å². The van der Waals surface area contributed by atoms with Gasteiger partial charge in [0, 0.05) is 17.0 Å². The monoisotopic (exact) mass is 406 g/mol. The van der Waals surface area contributed by atoms with Gasteiger partial charge in [-0.25, -0.2) is 5.43 Å². The van der Waals surface area contributed by atoms with Crippen LogP contribution in [0.2, 0.25) is 10.0 Å². The van der Waals surface area contributed by atoms with Crippen LogP contribution < -0.4 is 14.9 Å². The third kappa shape index (κ3) is 7.33. The van der Waals surface area contributed by atoms with Gasteiger partial charge in [-0.15, -0.1) is 0 Å². The lowest BCUT2D eigenvalue weighted by molar-refractivity contribution is -0.121. The van der Waals surface area contributed by atoms with Gasteiger partial charge in [-0.3, -0.25) is 4.79 Å². The third-order valence-corrected chi connectivity index (χ3v) is 3.90. The van der Waals surface area contributed by atoms with Crippen molar-refractivity contribution in [2.75, 3.05) is 13.2 Å². The van der Waals surface area contributed by atoms with Gasteiger partial charge in [-0.1, -0.05) is 48.0 Å². The smallest absolute Gasteiger partial charge is 0.240 e. The first-order chi connectivity index (χ1) is 13.1. The van der Waals surface area contributed by atoms with Crippen molar-refractivity contribution in [2.45, 2.75) is 12.8 Å². The lowest BCUT2D eigenvalue weighted by atomic mass is 10.2. The lowest BCUT2D eigenvalue weighted by Crippen LogP contribution is -2.18. The maximum atomic E-state index is 11.8. The molecule has 0 aromatic heterocycles. The van der Waals surface area contributed by atoms with Gasteiger partial charge in [0.05, 0.1) is 17.8 Å². The van der Waals surface area contributed by atoms with Crippen LogP contribution in [0.25, 0.3) is 0 Å². The molecule has 1 N–H and O–H groups in total. The number of ether oxygens (including phenoxy) is 2. The minimum atomic E-state index is -0.207. The minimum Gasteiger partial charge on any atom is -0.492 e. The van der Waals surface area contributed by atoms with Crippen LogP contribution in [-0.2, 0) is 4.79 Å². The molecule has 27 heavy (non-hydrogen) atoms. The van der Waals surface area contributed by atoms with E-state index in [0.29, 0.717) is 41.2 Å². The number of rotatable bonds is 10. The number of carbonyl (C=O) groups excluding carboxylic acids is 1. The Morgan fingerprint density at radius 3 is 2.74 bits per heavy atom. The number of halogens is 2. The summed E-state index contributed by atoms with van der Waals surface area (Å²) >= 11 is 11.8. The second-order valence-electron chi connectivity index (χ2n) is 5.46. The molecule has 2 aromatic rings. The van der Waals surface area contributed by atoms with Crippen molar-refractivity contribution >= 4 is 35.3 Å². The average molecular weight is 407 g/mol. The molecule has 0 atom stereocenters. The van der Waals surface area contributed by atoms with E-state index in [1.807, 2.05) is 24.3 Å². The molecule has 1 amide bonds. The summed E-state index contributed by atoms with van der Waals surface area (Å²) < 4.78 is 11.1. The quantitative estimate of drug-likeness (QED) is 0.265. The Morgan fingerprint density at radius 2 is 1.96 bits per heavy atom. The number of hydrazone groups is 1. The number of carbonyl (C=O) groups is 1. The Labute approximate surface area is 168 Å². The Morgan fingerprint density at radius 1 is 1.15 bits per heavy atom. The minimum absolute atomic E-state index is 0.207. The van der Waals surface area contributed by atoms with Gasteiger partial charge in [-0.05, 0) is 36.8 Å². The number of para-hydroxylation sites is 1. The first-order valence-electron chi connectivity index (χ1n) is 8.32. The zero-order valence-electron chi connectivity index (χ0n) is 14.7. The van der Waals surface area contributed by atoms with Crippen molar-refractivity contribution in [3.63, 3.8) is 0 Å². The fourth-order valence-electron chi connectivity index (χ4n) is 2.10. The van der Waals surface area contributed by atoms with E-state index in [9.17, 15) is 4.79 Å². The van der Waals surface area contributed by atoms with Gasteiger partial charge in [0.2, 0.25) is 5.91 Å². The van der Waals surface area contributed by atoms with Crippen molar-refractivity contribution in [2.24, 2.45) is 5.10 Å². The number of nitrogens with one attached hydrogen (secondary N) is 1. The van der Waals surface area contributed by atoms with Crippen molar-refractivity contribution in [1.29, 1.82) is 0 Å². The number of nitrogens with zero attached hydrogens (tertiary/aromatic N) is 1. The van der Waals surface area contributed by atoms with E-state index < -0.39 is 0 Å². The van der Waals surface area contributed by atoms with E-state index in [4.69, 9.17) is 32.7 Å². The highest BCUT2D eigenvalue weighted by Crippen LogP contribution is 2.27. The van der Waals surface area contributed by atoms with E-state index in [-0.39, 0.29) is 12.3 Å². The molecule has 2 rings (SSSR count). The summed E-state index contributed by atoms with van der Waals surface area (Å²) in [4.78, 5) is 11.8. The molecule has 0 bridgehead atoms. The third-order valence-electron chi connectivity index (χ3n) is 3.37. The molecule has 5 nitrogen and oxygen atoms in total. The molecule has 2 aromatic carbocycles. The summed E-state index contributed by atoms with van der Waals surface area (Å²) in [7, 11) is 0. The summed E-state index contributed by atoms with van der Waals surface area (Å²) in [6, 6.07) is 12.4. The number of amides is 1. The summed E-state index contributed by atoms with van der Waals surface area (Å²) in [6.45, 7) is 4.37. The van der Waals surface area contributed by atoms with Gasteiger partial charge >= 0.3 is 0 Å². The van der Waals surface area contributed by atoms with Crippen LogP contribution in [0.1, 0.15) is 18.4 Å². The first-order valence-corrected chi connectivity index (χ1v) is 9.08. The maximum Gasteiger partial charge on any atom is 0.240 e. The highest BCUT2D eigenvalue weighted by molar-refractivity contribution is 6.35. The first kappa shape index (κ1) is 20.8. The molecule has 0 saturated carbocycles. The standard InChI is InChI=1S/C20H20Cl2N2O3/c1-2-11-26-18-7-4-3-6-15(18)14-23-24-20(25)8-5-12-27-19-10-9-16(21)13-17(19)22/h2-4,6-7,9-10,13-14H,1,5,8,11-12H2,(H,24,25)/b23-14+. The van der Waals surface area contributed by atoms with Gasteiger partial charge in [0.15, 0.2) is 0 Å². The Kier molecular flexibility index (Phi) is 8.68. The summed E-state index contributed by atoms with van der Waals surface area (Å²) in [5.74, 6) is 1.00. The number of hydrogen-bond acceptors (Lipinski definition) is 4. The molecule has 0 spiro atoms. The molecule has 0 unspecified atom stereocenters. The van der Waals surface area contributed by atoms with Crippen LogP contribution in [0.3, 0.4) is 0 Å². The largest absolute Gasteiger partial charge is 0.492 e. The van der Waals surface area contributed by atoms with Crippen molar-refractivity contribution in [3.05, 3.63) is 70.7 Å². The molecule has 0 fully saturated rings. The van der Waals surface area contributed by atoms with E-state index in [0.717, 1.165) is 5.56 Å². The molecule has 7 heteroatoms. The second-order valence-corrected chi connectivity index (χ2v) is 6.30. The highest BCUT2D eigenvalue weighted by Gasteiger charge is 2.04. The Hall–Kier alpha value is -2.50. The number of benzene rings is 2. The Balaban J connectivity index is 1.73. The highest BCUT2D eigenvalue weighted by atomic mass is 35.5. The molecule has 142 valence electrons. The topological polar surface area (TPSA) is 59.9 Å². The van der Waals surface area contributed by atoms with E-state index in [1.165, 1.54) is 0 Å². The van der Waals surface area contributed by atoms with E-state index in [1.54, 1.807) is 30.5 Å². The van der Waals surface area contributed by atoms with Gasteiger partial charge in [0.25, 0.3) is 0 Å². The van der Waals surface area contributed by atoms with Crippen LogP contribution in [0.4, 0.5) is 0 Å². The fourth-order valence-corrected chi connectivity index (χ4v) is 2.57. The number of hydrogen-bond donors (Lipinski definition) is 1. The molecule has 0 aliphatic heterocycles. The second kappa shape index (κ2) is 11.3. The molecule has 0 aliphatic carbocycles. The van der Waals surface area contributed by atoms with Crippen molar-refractivity contribution < 1.29 is 14.3 Å². The summed E-state index contributed by atoms with van der Waals surface area (Å²) in [5.41, 5.74) is 3.25. The molecular formula is C20H20Cl2N2O3. The molecule has 0 heterocycles. The summed E-state index contributed by atoms with van der Waals surface area (Å²) in [5, 5.41) is 4.95. The van der Waals surface area contributed by atoms with E-state index >= 15 is 0 Å². The average Bonchev–Trinajstić information content (AvgIpc) is 2.66. The van der Waals surface area contributed by atoms with Crippen LogP contribution in [0.15, 0.2) is 60.2 Å². The molecule has 0 radical (unpaired) electrons. The fraction of sp³-hybridized carbons (Fsp3) is 0.200. The Bertz CT molecular complexity index is 810. The lowest BCUT2D eigenvalue weighted by Gasteiger charge is -2.08. The van der Waals surface area contributed by atoms with Crippen LogP contribution in [0, 0.1) is 0 Å². The zero-order valence-corrected chi connectivity index (χ0v) is 16.2. The van der Waals surface area contributed by atoms with Crippen molar-refractivity contribution in [3.8, 4) is 11.5 Å². The van der Waals surface area contributed by atoms with Crippen LogP contribution in [0.5, 0.6) is 11.5 Å². The maximum absolute atomic E-state index is 11.8. The van der Waals surface area contributed by atoms with Gasteiger partial charge in [0.1, 0.15) is 18.1 Å². The summed E-state index contributed by atoms with van der Waals surface area (Å²) in [6.07, 6.45) is 4.01. The predicted octanol–water partition coefficient (Wildman–Crippen LogP) is 4.87. The predicted molar refractivity (Wildman–Crippen MR) is 109 cm³/mol. The van der Waals surface area contributed by atoms with Crippen molar-refractivity contribution in [1.82, 2.24) is 5.43 Å². The normalized spacial score (nSPS) is 10.6. The molecule has 0 aliphatic rings. The van der Waals surface area contributed by atoms with Crippen LogP contribution in [-0.4, -0.2) is 25.3 Å². The SMILES string of the molecule is C=CCOc1ccccc1/C=N/NC(=O)CCCOc1ccc(Cl)cc1Cl. The van der Waals surface area contributed by atoms with Gasteiger partial charge in [-0.2, -0.15) is 5.10 Å². The van der Waals surface area contributed by atoms with Gasteiger partial charge < -0.3 is 9.47 Å². The van der Waals surface area contributed by atoms with E-state index in [2.05, 4.69) is 17.1 Å².